The van der Waals surface area contributed by atoms with E-state index in [4.69, 9.17) is 10.5 Å². The van der Waals surface area contributed by atoms with Gasteiger partial charge in [-0.3, -0.25) is 4.98 Å². The molecule has 0 aliphatic carbocycles. The number of carbonyl (C=O) groups excluding carboxylic acids is 1. The molecule has 132 valence electrons. The van der Waals surface area contributed by atoms with Crippen LogP contribution in [0.5, 0.6) is 0 Å². The van der Waals surface area contributed by atoms with E-state index in [1.807, 2.05) is 30.3 Å². The van der Waals surface area contributed by atoms with Crippen LogP contribution in [0.4, 0.5) is 18.0 Å². The van der Waals surface area contributed by atoms with Crippen LogP contribution in [0.25, 0.3) is 0 Å². The van der Waals surface area contributed by atoms with Gasteiger partial charge in [-0.15, -0.1) is 0 Å². The maximum atomic E-state index is 12.8. The third-order valence-electron chi connectivity index (χ3n) is 3.92. The lowest BCUT2D eigenvalue weighted by Crippen LogP contribution is -2.41. The highest BCUT2D eigenvalue weighted by Crippen LogP contribution is 2.32. The fourth-order valence-electron chi connectivity index (χ4n) is 2.68. The number of halogens is 3. The van der Waals surface area contributed by atoms with Crippen LogP contribution in [-0.2, 0) is 24.1 Å². The van der Waals surface area contributed by atoms with Crippen LogP contribution in [0.2, 0.25) is 0 Å². The van der Waals surface area contributed by atoms with E-state index in [0.29, 0.717) is 5.69 Å². The van der Waals surface area contributed by atoms with Gasteiger partial charge in [0.15, 0.2) is 0 Å². The molecule has 1 amide bonds. The number of alkyl halides is 3. The van der Waals surface area contributed by atoms with Crippen molar-refractivity contribution in [3.63, 3.8) is 0 Å². The largest absolute Gasteiger partial charge is 0.445 e. The molecule has 1 aromatic heterocycles. The molecule has 0 saturated carbocycles. The Bertz CT molecular complexity index is 765. The summed E-state index contributed by atoms with van der Waals surface area (Å²) in [6.45, 7) is 0.200. The van der Waals surface area contributed by atoms with E-state index < -0.39 is 23.9 Å². The number of benzene rings is 1. The summed E-state index contributed by atoms with van der Waals surface area (Å²) >= 11 is 0. The van der Waals surface area contributed by atoms with E-state index >= 15 is 0 Å². The number of rotatable bonds is 2. The van der Waals surface area contributed by atoms with Gasteiger partial charge in [0.2, 0.25) is 0 Å². The van der Waals surface area contributed by atoms with Crippen LogP contribution < -0.4 is 5.73 Å². The Morgan fingerprint density at radius 2 is 2.04 bits per heavy atom. The molecule has 3 rings (SSSR count). The van der Waals surface area contributed by atoms with Gasteiger partial charge in [-0.1, -0.05) is 30.3 Å². The molecule has 1 aliphatic rings. The predicted octanol–water partition coefficient (Wildman–Crippen LogP) is 3.25. The summed E-state index contributed by atoms with van der Waals surface area (Å²) in [5, 5.41) is 0. The van der Waals surface area contributed by atoms with Crippen molar-refractivity contribution in [2.75, 3.05) is 6.54 Å². The summed E-state index contributed by atoms with van der Waals surface area (Å²) in [6.07, 6.45) is -4.35. The average Bonchev–Trinajstić information content (AvgIpc) is 2.59. The van der Waals surface area contributed by atoms with Gasteiger partial charge in [-0.05, 0) is 17.2 Å². The fourth-order valence-corrected chi connectivity index (χ4v) is 2.68. The van der Waals surface area contributed by atoms with E-state index in [-0.39, 0.29) is 25.3 Å². The molecule has 0 fully saturated rings. The lowest BCUT2D eigenvalue weighted by atomic mass is 10.0. The van der Waals surface area contributed by atoms with Crippen LogP contribution in [0.15, 0.2) is 42.6 Å². The molecule has 2 N–H and O–H groups in total. The Labute approximate surface area is 142 Å². The first kappa shape index (κ1) is 17.2. The van der Waals surface area contributed by atoms with Crippen molar-refractivity contribution >= 4 is 6.09 Å². The molecular formula is C17H16F3N3O2. The molecule has 2 aromatic rings. The van der Waals surface area contributed by atoms with Gasteiger partial charge < -0.3 is 15.4 Å². The monoisotopic (exact) mass is 351 g/mol. The van der Waals surface area contributed by atoms with Crippen LogP contribution in [0.1, 0.15) is 28.4 Å². The zero-order chi connectivity index (χ0) is 18.0. The number of carbonyl (C=O) groups is 1. The average molecular weight is 351 g/mol. The quantitative estimate of drug-likeness (QED) is 0.902. The van der Waals surface area contributed by atoms with Crippen LogP contribution in [0, 0.1) is 0 Å². The molecule has 5 nitrogen and oxygen atoms in total. The van der Waals surface area contributed by atoms with Crippen molar-refractivity contribution in [3.05, 3.63) is 65.0 Å². The lowest BCUT2D eigenvalue weighted by Gasteiger charge is -2.31. The summed E-state index contributed by atoms with van der Waals surface area (Å²) in [6, 6.07) is 9.43. The Kier molecular flexibility index (Phi) is 4.63. The number of nitrogens with zero attached hydrogens (tertiary/aromatic N) is 2. The number of fused-ring (bicyclic) bond motifs is 1. The van der Waals surface area contributed by atoms with Gasteiger partial charge in [0, 0.05) is 12.7 Å². The number of amides is 1. The number of nitrogens with two attached hydrogens (primary N) is 1. The number of aromatic nitrogens is 1. The smallest absolute Gasteiger partial charge is 0.417 e. The number of ether oxygens (including phenoxy) is 1. The summed E-state index contributed by atoms with van der Waals surface area (Å²) in [4.78, 5) is 17.3. The molecule has 1 aromatic carbocycles. The van der Waals surface area contributed by atoms with E-state index in [2.05, 4.69) is 4.98 Å². The lowest BCUT2D eigenvalue weighted by molar-refractivity contribution is -0.137. The molecular weight excluding hydrogens is 335 g/mol. The van der Waals surface area contributed by atoms with Crippen molar-refractivity contribution in [1.82, 2.24) is 9.88 Å². The first-order chi connectivity index (χ1) is 11.8. The number of pyridine rings is 1. The highest BCUT2D eigenvalue weighted by atomic mass is 19.4. The molecule has 0 radical (unpaired) electrons. The maximum Gasteiger partial charge on any atom is 0.417 e. The molecule has 1 unspecified atom stereocenters. The normalized spacial score (nSPS) is 17.1. The summed E-state index contributed by atoms with van der Waals surface area (Å²) in [5.41, 5.74) is 6.56. The van der Waals surface area contributed by atoms with Crippen LogP contribution in [0.3, 0.4) is 0 Å². The maximum absolute atomic E-state index is 12.8. The molecule has 0 saturated heterocycles. The van der Waals surface area contributed by atoms with Crippen molar-refractivity contribution in [1.29, 1.82) is 0 Å². The number of hydrogen-bond acceptors (Lipinski definition) is 4. The van der Waals surface area contributed by atoms with Gasteiger partial charge in [-0.25, -0.2) is 4.79 Å². The SMILES string of the molecule is NC1CN(C(=O)OCc2ccccc2)Cc2cc(C(F)(F)F)cnc21. The minimum atomic E-state index is -4.50. The molecule has 2 heterocycles. The highest BCUT2D eigenvalue weighted by Gasteiger charge is 2.34. The van der Waals surface area contributed by atoms with Crippen molar-refractivity contribution < 1.29 is 22.7 Å². The van der Waals surface area contributed by atoms with E-state index in [0.717, 1.165) is 17.8 Å². The third-order valence-corrected chi connectivity index (χ3v) is 3.92. The Morgan fingerprint density at radius 1 is 1.32 bits per heavy atom. The standard InChI is InChI=1S/C17H16F3N3O2/c18-17(19,20)13-6-12-8-23(9-14(21)15(12)22-7-13)16(24)25-10-11-4-2-1-3-5-11/h1-7,14H,8-10,21H2. The first-order valence-electron chi connectivity index (χ1n) is 7.62. The Morgan fingerprint density at radius 3 is 2.72 bits per heavy atom. The topological polar surface area (TPSA) is 68.5 Å². The predicted molar refractivity (Wildman–Crippen MR) is 83.2 cm³/mol. The molecule has 1 atom stereocenters. The minimum Gasteiger partial charge on any atom is -0.445 e. The van der Waals surface area contributed by atoms with E-state index in [1.165, 1.54) is 4.90 Å². The van der Waals surface area contributed by atoms with Gasteiger partial charge in [0.1, 0.15) is 6.61 Å². The van der Waals surface area contributed by atoms with Gasteiger partial charge in [-0.2, -0.15) is 13.2 Å². The van der Waals surface area contributed by atoms with Crippen molar-refractivity contribution in [3.8, 4) is 0 Å². The Balaban J connectivity index is 1.72. The molecule has 8 heteroatoms. The summed E-state index contributed by atoms with van der Waals surface area (Å²) in [7, 11) is 0. The summed E-state index contributed by atoms with van der Waals surface area (Å²) in [5.74, 6) is 0. The van der Waals surface area contributed by atoms with E-state index in [9.17, 15) is 18.0 Å². The Hall–Kier alpha value is -2.61. The second kappa shape index (κ2) is 6.72. The second-order valence-electron chi connectivity index (χ2n) is 5.79. The molecule has 25 heavy (non-hydrogen) atoms. The van der Waals surface area contributed by atoms with Crippen LogP contribution in [-0.4, -0.2) is 22.5 Å². The zero-order valence-electron chi connectivity index (χ0n) is 13.2. The van der Waals surface area contributed by atoms with Gasteiger partial charge in [0.05, 0.1) is 23.8 Å². The fraction of sp³-hybridized carbons (Fsp3) is 0.294. The first-order valence-corrected chi connectivity index (χ1v) is 7.62. The third kappa shape index (κ3) is 3.90. The minimum absolute atomic E-state index is 0.0203. The molecule has 0 spiro atoms. The summed E-state index contributed by atoms with van der Waals surface area (Å²) < 4.78 is 43.7. The number of hydrogen-bond donors (Lipinski definition) is 1. The highest BCUT2D eigenvalue weighted by molar-refractivity contribution is 5.68. The van der Waals surface area contributed by atoms with Gasteiger partial charge in [0.25, 0.3) is 0 Å². The molecule has 1 aliphatic heterocycles. The zero-order valence-corrected chi connectivity index (χ0v) is 13.2. The molecule has 0 bridgehead atoms. The van der Waals surface area contributed by atoms with Crippen molar-refractivity contribution in [2.24, 2.45) is 5.73 Å². The van der Waals surface area contributed by atoms with E-state index in [1.54, 1.807) is 0 Å². The van der Waals surface area contributed by atoms with Gasteiger partial charge >= 0.3 is 12.3 Å². The van der Waals surface area contributed by atoms with Crippen molar-refractivity contribution in [2.45, 2.75) is 25.4 Å². The second-order valence-corrected chi connectivity index (χ2v) is 5.79. The van der Waals surface area contributed by atoms with Crippen LogP contribution >= 0.6 is 0 Å².